The van der Waals surface area contributed by atoms with Crippen molar-refractivity contribution in [2.45, 2.75) is 47.2 Å². The van der Waals surface area contributed by atoms with Crippen molar-refractivity contribution in [2.75, 3.05) is 5.32 Å². The number of rotatable bonds is 5. The molecule has 2 rings (SSSR count). The van der Waals surface area contributed by atoms with Gasteiger partial charge in [-0.1, -0.05) is 44.2 Å². The number of benzene rings is 1. The highest BCUT2D eigenvalue weighted by molar-refractivity contribution is 6.39. The second kappa shape index (κ2) is 7.96. The van der Waals surface area contributed by atoms with Crippen LogP contribution in [0.25, 0.3) is 0 Å². The second-order valence-corrected chi connectivity index (χ2v) is 6.68. The lowest BCUT2D eigenvalue weighted by molar-refractivity contribution is -0.136. The van der Waals surface area contributed by atoms with Crippen molar-refractivity contribution in [1.82, 2.24) is 15.1 Å². The first-order valence-corrected chi connectivity index (χ1v) is 8.50. The smallest absolute Gasteiger partial charge is 0.313 e. The van der Waals surface area contributed by atoms with Crippen molar-refractivity contribution >= 4 is 17.5 Å². The standard InChI is InChI=1S/C19H26N4O2/c1-12(2)11-23-15(5)17(14(4)22-23)21-19(25)18(24)20-13(3)16-9-7-6-8-10-16/h6-10,12-13H,11H2,1-5H3,(H,20,24)(H,21,25). The van der Waals surface area contributed by atoms with E-state index in [0.717, 1.165) is 17.8 Å². The van der Waals surface area contributed by atoms with Crippen LogP contribution in [-0.4, -0.2) is 21.6 Å². The summed E-state index contributed by atoms with van der Waals surface area (Å²) < 4.78 is 1.86. The van der Waals surface area contributed by atoms with Gasteiger partial charge in [0.2, 0.25) is 0 Å². The molecule has 2 amide bonds. The van der Waals surface area contributed by atoms with E-state index in [0.29, 0.717) is 17.3 Å². The van der Waals surface area contributed by atoms with Gasteiger partial charge in [-0.05, 0) is 32.3 Å². The highest BCUT2D eigenvalue weighted by Crippen LogP contribution is 2.20. The summed E-state index contributed by atoms with van der Waals surface area (Å²) in [5.74, 6) is -0.901. The molecule has 0 saturated carbocycles. The van der Waals surface area contributed by atoms with E-state index in [2.05, 4.69) is 29.6 Å². The molecule has 1 aromatic heterocycles. The number of carbonyl (C=O) groups excluding carboxylic acids is 2. The first-order valence-electron chi connectivity index (χ1n) is 8.50. The molecule has 0 aliphatic rings. The average molecular weight is 342 g/mol. The number of aryl methyl sites for hydroxylation is 1. The molecule has 2 N–H and O–H groups in total. The number of hydrogen-bond acceptors (Lipinski definition) is 3. The molecule has 1 atom stereocenters. The van der Waals surface area contributed by atoms with Crippen LogP contribution in [-0.2, 0) is 16.1 Å². The van der Waals surface area contributed by atoms with Gasteiger partial charge in [0.05, 0.1) is 23.1 Å². The summed E-state index contributed by atoms with van der Waals surface area (Å²) in [7, 11) is 0. The highest BCUT2D eigenvalue weighted by Gasteiger charge is 2.21. The third-order valence-electron chi connectivity index (χ3n) is 4.01. The fourth-order valence-corrected chi connectivity index (χ4v) is 2.66. The SMILES string of the molecule is Cc1nn(CC(C)C)c(C)c1NC(=O)C(=O)NC(C)c1ccccc1. The molecule has 1 unspecified atom stereocenters. The fourth-order valence-electron chi connectivity index (χ4n) is 2.66. The predicted octanol–water partition coefficient (Wildman–Crippen LogP) is 2.97. The van der Waals surface area contributed by atoms with E-state index in [-0.39, 0.29) is 6.04 Å². The molecule has 1 heterocycles. The molecular formula is C19H26N4O2. The van der Waals surface area contributed by atoms with E-state index in [1.807, 2.05) is 55.8 Å². The Morgan fingerprint density at radius 2 is 1.72 bits per heavy atom. The van der Waals surface area contributed by atoms with Crippen molar-refractivity contribution in [2.24, 2.45) is 5.92 Å². The molecule has 25 heavy (non-hydrogen) atoms. The van der Waals surface area contributed by atoms with Crippen molar-refractivity contribution in [1.29, 1.82) is 0 Å². The minimum Gasteiger partial charge on any atom is -0.341 e. The maximum atomic E-state index is 12.3. The van der Waals surface area contributed by atoms with Crippen LogP contribution in [0.3, 0.4) is 0 Å². The molecule has 134 valence electrons. The first kappa shape index (κ1) is 18.7. The predicted molar refractivity (Wildman–Crippen MR) is 98.2 cm³/mol. The minimum atomic E-state index is -0.682. The van der Waals surface area contributed by atoms with Crippen molar-refractivity contribution in [3.63, 3.8) is 0 Å². The molecule has 2 aromatic rings. The van der Waals surface area contributed by atoms with Gasteiger partial charge in [0.25, 0.3) is 0 Å². The van der Waals surface area contributed by atoms with Crippen molar-refractivity contribution < 1.29 is 9.59 Å². The Kier molecular flexibility index (Phi) is 5.96. The monoisotopic (exact) mass is 342 g/mol. The molecule has 6 heteroatoms. The summed E-state index contributed by atoms with van der Waals surface area (Å²) in [5, 5.41) is 9.85. The molecule has 6 nitrogen and oxygen atoms in total. The summed E-state index contributed by atoms with van der Waals surface area (Å²) in [6, 6.07) is 9.28. The number of aromatic nitrogens is 2. The quantitative estimate of drug-likeness (QED) is 0.820. The van der Waals surface area contributed by atoms with E-state index in [1.54, 1.807) is 0 Å². The van der Waals surface area contributed by atoms with Crippen LogP contribution < -0.4 is 10.6 Å². The largest absolute Gasteiger partial charge is 0.341 e. The average Bonchev–Trinajstić information content (AvgIpc) is 2.82. The molecule has 1 aromatic carbocycles. The van der Waals surface area contributed by atoms with Gasteiger partial charge in [0.1, 0.15) is 0 Å². The number of hydrogen-bond donors (Lipinski definition) is 2. The molecule has 0 spiro atoms. The van der Waals surface area contributed by atoms with Gasteiger partial charge < -0.3 is 10.6 Å². The fraction of sp³-hybridized carbons (Fsp3) is 0.421. The van der Waals surface area contributed by atoms with Gasteiger partial charge in [-0.15, -0.1) is 0 Å². The molecule has 0 aliphatic carbocycles. The van der Waals surface area contributed by atoms with Crippen molar-refractivity contribution in [3.05, 3.63) is 47.3 Å². The van der Waals surface area contributed by atoms with E-state index in [4.69, 9.17) is 0 Å². The zero-order valence-corrected chi connectivity index (χ0v) is 15.5. The molecule has 0 radical (unpaired) electrons. The second-order valence-electron chi connectivity index (χ2n) is 6.68. The maximum absolute atomic E-state index is 12.3. The van der Waals surface area contributed by atoms with Crippen LogP contribution >= 0.6 is 0 Å². The Balaban J connectivity index is 2.04. The minimum absolute atomic E-state index is 0.245. The Bertz CT molecular complexity index is 750. The summed E-state index contributed by atoms with van der Waals surface area (Å²) in [5.41, 5.74) is 3.10. The van der Waals surface area contributed by atoms with Crippen molar-refractivity contribution in [3.8, 4) is 0 Å². The zero-order chi connectivity index (χ0) is 18.6. The number of nitrogens with one attached hydrogen (secondary N) is 2. The van der Waals surface area contributed by atoms with Gasteiger partial charge in [-0.25, -0.2) is 0 Å². The number of carbonyl (C=O) groups is 2. The Morgan fingerprint density at radius 3 is 2.32 bits per heavy atom. The van der Waals surface area contributed by atoms with Crippen LogP contribution in [0.1, 0.15) is 43.8 Å². The Hall–Kier alpha value is -2.63. The lowest BCUT2D eigenvalue weighted by Gasteiger charge is -2.14. The molecule has 0 saturated heterocycles. The topological polar surface area (TPSA) is 76.0 Å². The molecule has 0 fully saturated rings. The van der Waals surface area contributed by atoms with E-state index < -0.39 is 11.8 Å². The third kappa shape index (κ3) is 4.68. The van der Waals surface area contributed by atoms with E-state index in [9.17, 15) is 9.59 Å². The van der Waals surface area contributed by atoms with Crippen LogP contribution in [0.15, 0.2) is 30.3 Å². The number of nitrogens with zero attached hydrogens (tertiary/aromatic N) is 2. The number of anilines is 1. The Labute approximate surface area is 148 Å². The maximum Gasteiger partial charge on any atom is 0.313 e. The lowest BCUT2D eigenvalue weighted by atomic mass is 10.1. The van der Waals surface area contributed by atoms with Gasteiger partial charge >= 0.3 is 11.8 Å². The van der Waals surface area contributed by atoms with Gasteiger partial charge in [0, 0.05) is 6.54 Å². The molecule has 0 bridgehead atoms. The van der Waals surface area contributed by atoms with Crippen LogP contribution in [0.4, 0.5) is 5.69 Å². The number of amides is 2. The van der Waals surface area contributed by atoms with Crippen LogP contribution in [0.5, 0.6) is 0 Å². The van der Waals surface area contributed by atoms with Crippen LogP contribution in [0.2, 0.25) is 0 Å². The van der Waals surface area contributed by atoms with Gasteiger partial charge in [0.15, 0.2) is 0 Å². The molecule has 0 aliphatic heterocycles. The zero-order valence-electron chi connectivity index (χ0n) is 15.5. The third-order valence-corrected chi connectivity index (χ3v) is 4.01. The van der Waals surface area contributed by atoms with Gasteiger partial charge in [-0.3, -0.25) is 14.3 Å². The van der Waals surface area contributed by atoms with Gasteiger partial charge in [-0.2, -0.15) is 5.10 Å². The summed E-state index contributed by atoms with van der Waals surface area (Å²) in [6.45, 7) is 10.5. The molecular weight excluding hydrogens is 316 g/mol. The highest BCUT2D eigenvalue weighted by atomic mass is 16.2. The Morgan fingerprint density at radius 1 is 1.08 bits per heavy atom. The summed E-state index contributed by atoms with van der Waals surface area (Å²) in [6.07, 6.45) is 0. The summed E-state index contributed by atoms with van der Waals surface area (Å²) in [4.78, 5) is 24.4. The van der Waals surface area contributed by atoms with E-state index >= 15 is 0 Å². The van der Waals surface area contributed by atoms with E-state index in [1.165, 1.54) is 0 Å². The summed E-state index contributed by atoms with van der Waals surface area (Å²) >= 11 is 0. The first-order chi connectivity index (χ1) is 11.8. The van der Waals surface area contributed by atoms with Crippen LogP contribution in [0, 0.1) is 19.8 Å². The normalized spacial score (nSPS) is 12.1. The lowest BCUT2D eigenvalue weighted by Crippen LogP contribution is -2.37.